The van der Waals surface area contributed by atoms with Crippen LogP contribution in [0.4, 0.5) is 0 Å². The third kappa shape index (κ3) is 9.24. The summed E-state index contributed by atoms with van der Waals surface area (Å²) in [6.07, 6.45) is 11.4. The van der Waals surface area contributed by atoms with Gasteiger partial charge in [-0.2, -0.15) is 0 Å². The Kier molecular flexibility index (Phi) is 9.59. The van der Waals surface area contributed by atoms with Gasteiger partial charge in [-0.25, -0.2) is 0 Å². The minimum absolute atomic E-state index is 1.11. The Morgan fingerprint density at radius 3 is 2.75 bits per heavy atom. The summed E-state index contributed by atoms with van der Waals surface area (Å²) < 4.78 is 4.75. The molecule has 0 amide bonds. The fraction of sp³-hybridized carbons (Fsp3) is 0.600. The summed E-state index contributed by atoms with van der Waals surface area (Å²) in [5.74, 6) is 0. The van der Waals surface area contributed by atoms with Crippen LogP contribution in [-0.4, -0.2) is 20.7 Å². The first-order valence-electron chi connectivity index (χ1n) is 4.41. The van der Waals surface area contributed by atoms with Crippen LogP contribution >= 0.6 is 0 Å². The zero-order chi connectivity index (χ0) is 9.07. The van der Waals surface area contributed by atoms with Gasteiger partial charge in [0.2, 0.25) is 0 Å². The van der Waals surface area contributed by atoms with Gasteiger partial charge in [-0.1, -0.05) is 12.2 Å². The number of allylic oxidation sites excluding steroid dienone is 3. The Morgan fingerprint density at radius 1 is 1.25 bits per heavy atom. The molecule has 0 spiro atoms. The van der Waals surface area contributed by atoms with E-state index in [0.717, 1.165) is 13.0 Å². The van der Waals surface area contributed by atoms with Crippen LogP contribution in [0.5, 0.6) is 0 Å². The Morgan fingerprint density at radius 2 is 2.08 bits per heavy atom. The van der Waals surface area contributed by atoms with Crippen molar-refractivity contribution in [3.63, 3.8) is 0 Å². The lowest BCUT2D eigenvalue weighted by atomic mass is 10.2. The topological polar surface area (TPSA) is 21.3 Å². The zero-order valence-electron chi connectivity index (χ0n) is 8.05. The second-order valence-corrected chi connectivity index (χ2v) is 2.59. The number of hydrogen-bond donors (Lipinski definition) is 1. The van der Waals surface area contributed by atoms with Gasteiger partial charge >= 0.3 is 0 Å². The molecule has 0 atom stereocenters. The first kappa shape index (κ1) is 11.2. The third-order valence-electron chi connectivity index (χ3n) is 1.51. The van der Waals surface area contributed by atoms with Crippen LogP contribution in [0.3, 0.4) is 0 Å². The Balaban J connectivity index is 3.07. The molecule has 0 aliphatic carbocycles. The van der Waals surface area contributed by atoms with Gasteiger partial charge in [0.05, 0.1) is 13.4 Å². The maximum atomic E-state index is 4.75. The minimum atomic E-state index is 1.11. The van der Waals surface area contributed by atoms with Crippen LogP contribution in [-0.2, 0) is 4.74 Å². The Bertz CT molecular complexity index is 130. The number of unbranched alkanes of at least 4 members (excludes halogenated alkanes) is 2. The number of rotatable bonds is 7. The standard InChI is InChI=1S/C10H19NO/c1-11-9-7-5-3-4-6-8-10-12-2/h4,6,8,10-11H,3,5,7,9H2,1-2H3/b6-4+,10-8+. The first-order valence-corrected chi connectivity index (χ1v) is 4.41. The summed E-state index contributed by atoms with van der Waals surface area (Å²) in [6, 6.07) is 0. The molecule has 2 heteroatoms. The molecule has 0 aromatic heterocycles. The average Bonchev–Trinajstić information content (AvgIpc) is 2.10. The summed E-state index contributed by atoms with van der Waals surface area (Å²) in [7, 11) is 3.63. The molecule has 0 fully saturated rings. The second-order valence-electron chi connectivity index (χ2n) is 2.59. The molecule has 0 saturated carbocycles. The second kappa shape index (κ2) is 10.2. The van der Waals surface area contributed by atoms with E-state index in [4.69, 9.17) is 4.74 Å². The van der Waals surface area contributed by atoms with Crippen LogP contribution in [0.25, 0.3) is 0 Å². The van der Waals surface area contributed by atoms with E-state index >= 15 is 0 Å². The molecule has 12 heavy (non-hydrogen) atoms. The predicted octanol–water partition coefficient (Wildman–Crippen LogP) is 2.09. The van der Waals surface area contributed by atoms with E-state index in [1.807, 2.05) is 19.2 Å². The summed E-state index contributed by atoms with van der Waals surface area (Å²) in [4.78, 5) is 0. The number of nitrogens with one attached hydrogen (secondary N) is 1. The van der Waals surface area contributed by atoms with E-state index in [9.17, 15) is 0 Å². The van der Waals surface area contributed by atoms with Crippen molar-refractivity contribution in [2.24, 2.45) is 0 Å². The van der Waals surface area contributed by atoms with E-state index in [2.05, 4.69) is 11.4 Å². The van der Waals surface area contributed by atoms with Crippen molar-refractivity contribution < 1.29 is 4.74 Å². The van der Waals surface area contributed by atoms with Crippen LogP contribution in [0.2, 0.25) is 0 Å². The highest BCUT2D eigenvalue weighted by Crippen LogP contribution is 1.95. The highest BCUT2D eigenvalue weighted by atomic mass is 16.5. The molecule has 0 radical (unpaired) electrons. The Hall–Kier alpha value is -0.760. The predicted molar refractivity (Wildman–Crippen MR) is 53.1 cm³/mol. The highest BCUT2D eigenvalue weighted by Gasteiger charge is 1.81. The smallest absolute Gasteiger partial charge is 0.0824 e. The van der Waals surface area contributed by atoms with Gasteiger partial charge in [-0.15, -0.1) is 0 Å². The van der Waals surface area contributed by atoms with Crippen LogP contribution in [0.15, 0.2) is 24.5 Å². The normalized spacial score (nSPS) is 11.5. The summed E-state index contributed by atoms with van der Waals surface area (Å²) in [5.41, 5.74) is 0. The first-order chi connectivity index (χ1) is 5.91. The van der Waals surface area contributed by atoms with E-state index < -0.39 is 0 Å². The van der Waals surface area contributed by atoms with E-state index in [-0.39, 0.29) is 0 Å². The third-order valence-corrected chi connectivity index (χ3v) is 1.51. The zero-order valence-corrected chi connectivity index (χ0v) is 8.05. The van der Waals surface area contributed by atoms with E-state index in [0.29, 0.717) is 0 Å². The molecule has 1 N–H and O–H groups in total. The molecule has 2 nitrogen and oxygen atoms in total. The van der Waals surface area contributed by atoms with E-state index in [1.54, 1.807) is 13.4 Å². The quantitative estimate of drug-likeness (QED) is 0.358. The van der Waals surface area contributed by atoms with Crippen LogP contribution in [0, 0.1) is 0 Å². The van der Waals surface area contributed by atoms with Crippen LogP contribution < -0.4 is 5.32 Å². The molecule has 0 aromatic carbocycles. The fourth-order valence-electron chi connectivity index (χ4n) is 0.863. The van der Waals surface area contributed by atoms with Crippen molar-refractivity contribution in [1.29, 1.82) is 0 Å². The molecule has 0 aliphatic heterocycles. The minimum Gasteiger partial charge on any atom is -0.504 e. The molecule has 0 aliphatic rings. The fourth-order valence-corrected chi connectivity index (χ4v) is 0.863. The SMILES string of the molecule is CNCCCC/C=C/C=C/OC. The van der Waals surface area contributed by atoms with Crippen molar-refractivity contribution in [3.05, 3.63) is 24.5 Å². The lowest BCUT2D eigenvalue weighted by Crippen LogP contribution is -2.06. The number of ether oxygens (including phenoxy) is 1. The van der Waals surface area contributed by atoms with Crippen LogP contribution in [0.1, 0.15) is 19.3 Å². The lowest BCUT2D eigenvalue weighted by Gasteiger charge is -1.94. The summed E-state index contributed by atoms with van der Waals surface area (Å²) in [6.45, 7) is 1.11. The van der Waals surface area contributed by atoms with Crippen molar-refractivity contribution in [3.8, 4) is 0 Å². The largest absolute Gasteiger partial charge is 0.504 e. The molecular weight excluding hydrogens is 150 g/mol. The molecule has 70 valence electrons. The molecule has 0 aromatic rings. The van der Waals surface area contributed by atoms with Gasteiger partial charge in [0.1, 0.15) is 0 Å². The highest BCUT2D eigenvalue weighted by molar-refractivity contribution is 4.99. The molecule has 0 unspecified atom stereocenters. The van der Waals surface area contributed by atoms with E-state index in [1.165, 1.54) is 12.8 Å². The van der Waals surface area contributed by atoms with Gasteiger partial charge in [0, 0.05) is 0 Å². The molecule has 0 heterocycles. The average molecular weight is 169 g/mol. The van der Waals surface area contributed by atoms with Crippen molar-refractivity contribution in [2.75, 3.05) is 20.7 Å². The van der Waals surface area contributed by atoms with Crippen molar-refractivity contribution >= 4 is 0 Å². The van der Waals surface area contributed by atoms with Crippen molar-refractivity contribution in [1.82, 2.24) is 5.32 Å². The van der Waals surface area contributed by atoms with Gasteiger partial charge in [0.15, 0.2) is 0 Å². The van der Waals surface area contributed by atoms with Gasteiger partial charge in [-0.05, 0) is 38.9 Å². The van der Waals surface area contributed by atoms with Gasteiger partial charge < -0.3 is 10.1 Å². The lowest BCUT2D eigenvalue weighted by molar-refractivity contribution is 0.338. The van der Waals surface area contributed by atoms with Gasteiger partial charge in [0.25, 0.3) is 0 Å². The number of hydrogen-bond acceptors (Lipinski definition) is 2. The maximum absolute atomic E-state index is 4.75. The maximum Gasteiger partial charge on any atom is 0.0824 e. The van der Waals surface area contributed by atoms with Gasteiger partial charge in [-0.3, -0.25) is 0 Å². The number of methoxy groups -OCH3 is 1. The Labute approximate surface area is 75.3 Å². The summed E-state index contributed by atoms with van der Waals surface area (Å²) in [5, 5.41) is 3.12. The molecule has 0 saturated heterocycles. The van der Waals surface area contributed by atoms with Crippen molar-refractivity contribution in [2.45, 2.75) is 19.3 Å². The monoisotopic (exact) mass is 169 g/mol. The summed E-state index contributed by atoms with van der Waals surface area (Å²) >= 11 is 0. The molecular formula is C10H19NO. The molecule has 0 rings (SSSR count). The molecule has 0 bridgehead atoms.